The van der Waals surface area contributed by atoms with Crippen molar-refractivity contribution in [2.45, 2.75) is 13.1 Å². The van der Waals surface area contributed by atoms with Crippen LogP contribution in [0.25, 0.3) is 16.9 Å². The van der Waals surface area contributed by atoms with E-state index in [2.05, 4.69) is 5.32 Å². The average molecular weight is 436 g/mol. The summed E-state index contributed by atoms with van der Waals surface area (Å²) in [6, 6.07) is 19.8. The van der Waals surface area contributed by atoms with Crippen molar-refractivity contribution in [1.82, 2.24) is 15.1 Å². The molecule has 0 saturated heterocycles. The average Bonchev–Trinajstić information content (AvgIpc) is 3.41. The molecular formula is C24H19ClFN3O2. The van der Waals surface area contributed by atoms with Gasteiger partial charge in [0.25, 0.3) is 0 Å². The van der Waals surface area contributed by atoms with E-state index >= 15 is 0 Å². The topological polar surface area (TPSA) is 48.3 Å². The predicted octanol–water partition coefficient (Wildman–Crippen LogP) is 5.35. The molecule has 0 unspecified atom stereocenters. The number of aromatic nitrogens is 2. The largest absolute Gasteiger partial charge is 0.454 e. The maximum absolute atomic E-state index is 13.3. The van der Waals surface area contributed by atoms with Crippen molar-refractivity contribution in [2.75, 3.05) is 6.79 Å². The molecule has 7 heteroatoms. The number of rotatable bonds is 6. The third kappa shape index (κ3) is 4.13. The van der Waals surface area contributed by atoms with Crippen molar-refractivity contribution in [3.8, 4) is 28.4 Å². The smallest absolute Gasteiger partial charge is 0.231 e. The summed E-state index contributed by atoms with van der Waals surface area (Å²) < 4.78 is 25.9. The summed E-state index contributed by atoms with van der Waals surface area (Å²) in [5.41, 5.74) is 4.49. The molecule has 4 aromatic rings. The number of hydrogen-bond donors (Lipinski definition) is 1. The Morgan fingerprint density at radius 1 is 0.968 bits per heavy atom. The van der Waals surface area contributed by atoms with E-state index in [0.29, 0.717) is 18.1 Å². The van der Waals surface area contributed by atoms with Gasteiger partial charge in [0.05, 0.1) is 16.4 Å². The fraction of sp³-hybridized carbons (Fsp3) is 0.125. The summed E-state index contributed by atoms with van der Waals surface area (Å²) >= 11 is 6.45. The quantitative estimate of drug-likeness (QED) is 0.443. The molecule has 156 valence electrons. The van der Waals surface area contributed by atoms with E-state index in [0.717, 1.165) is 39.6 Å². The number of ether oxygens (including phenoxy) is 2. The standard InChI is InChI=1S/C24H19ClFN3O2/c25-21-4-2-1-3-20(21)24-17(14-29(28-24)19-8-6-18(26)7-9-19)13-27-12-16-5-10-22-23(11-16)31-15-30-22/h1-11,14,27H,12-13,15H2. The normalized spacial score (nSPS) is 12.3. The maximum Gasteiger partial charge on any atom is 0.231 e. The lowest BCUT2D eigenvalue weighted by atomic mass is 10.1. The van der Waals surface area contributed by atoms with Crippen molar-refractivity contribution in [3.63, 3.8) is 0 Å². The number of nitrogens with one attached hydrogen (secondary N) is 1. The minimum Gasteiger partial charge on any atom is -0.454 e. The predicted molar refractivity (Wildman–Crippen MR) is 117 cm³/mol. The van der Waals surface area contributed by atoms with Crippen LogP contribution in [0.5, 0.6) is 11.5 Å². The zero-order valence-corrected chi connectivity index (χ0v) is 17.3. The van der Waals surface area contributed by atoms with Crippen molar-refractivity contribution in [3.05, 3.63) is 94.9 Å². The Labute approximate surface area is 184 Å². The van der Waals surface area contributed by atoms with Gasteiger partial charge < -0.3 is 14.8 Å². The van der Waals surface area contributed by atoms with Gasteiger partial charge in [-0.1, -0.05) is 35.9 Å². The van der Waals surface area contributed by atoms with E-state index in [1.807, 2.05) is 48.7 Å². The summed E-state index contributed by atoms with van der Waals surface area (Å²) in [6.07, 6.45) is 1.94. The Morgan fingerprint density at radius 2 is 1.77 bits per heavy atom. The van der Waals surface area contributed by atoms with Crippen LogP contribution in [0.2, 0.25) is 5.02 Å². The highest BCUT2D eigenvalue weighted by molar-refractivity contribution is 6.33. The molecule has 0 spiro atoms. The monoisotopic (exact) mass is 435 g/mol. The molecule has 1 aliphatic heterocycles. The molecule has 0 fully saturated rings. The number of nitrogens with zero attached hydrogens (tertiary/aromatic N) is 2. The Hall–Kier alpha value is -3.35. The summed E-state index contributed by atoms with van der Waals surface area (Å²) in [6.45, 7) is 1.49. The van der Waals surface area contributed by atoms with Crippen molar-refractivity contribution >= 4 is 11.6 Å². The van der Waals surface area contributed by atoms with Gasteiger partial charge in [0, 0.05) is 30.4 Å². The fourth-order valence-corrected chi connectivity index (χ4v) is 3.76. The molecule has 0 atom stereocenters. The van der Waals surface area contributed by atoms with Crippen LogP contribution in [0, 0.1) is 5.82 Å². The fourth-order valence-electron chi connectivity index (χ4n) is 3.54. The lowest BCUT2D eigenvalue weighted by Crippen LogP contribution is -2.12. The van der Waals surface area contributed by atoms with Gasteiger partial charge in [0.2, 0.25) is 6.79 Å². The number of hydrogen-bond acceptors (Lipinski definition) is 4. The second-order valence-corrected chi connectivity index (χ2v) is 7.60. The summed E-state index contributed by atoms with van der Waals surface area (Å²) in [5.74, 6) is 1.25. The van der Waals surface area contributed by atoms with Crippen LogP contribution >= 0.6 is 11.6 Å². The Balaban J connectivity index is 1.41. The first-order valence-corrected chi connectivity index (χ1v) is 10.2. The highest BCUT2D eigenvalue weighted by Gasteiger charge is 2.16. The van der Waals surface area contributed by atoms with Crippen LogP contribution in [-0.2, 0) is 13.1 Å². The molecule has 0 amide bonds. The van der Waals surface area contributed by atoms with Crippen molar-refractivity contribution in [1.29, 1.82) is 0 Å². The summed E-state index contributed by atoms with van der Waals surface area (Å²) in [5, 5.41) is 8.84. The molecule has 5 nitrogen and oxygen atoms in total. The van der Waals surface area contributed by atoms with Gasteiger partial charge in [-0.15, -0.1) is 0 Å². The van der Waals surface area contributed by atoms with Gasteiger partial charge in [-0.25, -0.2) is 9.07 Å². The van der Waals surface area contributed by atoms with Crippen LogP contribution in [-0.4, -0.2) is 16.6 Å². The zero-order chi connectivity index (χ0) is 21.2. The Bertz CT molecular complexity index is 1220. The molecule has 1 aromatic heterocycles. The van der Waals surface area contributed by atoms with E-state index in [-0.39, 0.29) is 12.6 Å². The van der Waals surface area contributed by atoms with E-state index in [4.69, 9.17) is 26.2 Å². The number of fused-ring (bicyclic) bond motifs is 1. The van der Waals surface area contributed by atoms with E-state index in [1.165, 1.54) is 12.1 Å². The highest BCUT2D eigenvalue weighted by atomic mass is 35.5. The van der Waals surface area contributed by atoms with Gasteiger partial charge in [-0.05, 0) is 48.0 Å². The van der Waals surface area contributed by atoms with Gasteiger partial charge in [0.1, 0.15) is 5.82 Å². The van der Waals surface area contributed by atoms with Gasteiger partial charge in [-0.3, -0.25) is 0 Å². The maximum atomic E-state index is 13.3. The zero-order valence-electron chi connectivity index (χ0n) is 16.5. The van der Waals surface area contributed by atoms with Gasteiger partial charge in [0.15, 0.2) is 11.5 Å². The molecule has 31 heavy (non-hydrogen) atoms. The van der Waals surface area contributed by atoms with Crippen LogP contribution in [0.4, 0.5) is 4.39 Å². The third-order valence-corrected chi connectivity index (χ3v) is 5.42. The van der Waals surface area contributed by atoms with Gasteiger partial charge in [-0.2, -0.15) is 5.10 Å². The Kier molecular flexibility index (Phi) is 5.32. The first kappa shape index (κ1) is 19.6. The van der Waals surface area contributed by atoms with E-state index in [9.17, 15) is 4.39 Å². The minimum absolute atomic E-state index is 0.260. The third-order valence-electron chi connectivity index (χ3n) is 5.09. The van der Waals surface area contributed by atoms with Crippen LogP contribution < -0.4 is 14.8 Å². The summed E-state index contributed by atoms with van der Waals surface area (Å²) in [7, 11) is 0. The molecule has 2 heterocycles. The van der Waals surface area contributed by atoms with Crippen molar-refractivity contribution < 1.29 is 13.9 Å². The Morgan fingerprint density at radius 3 is 2.61 bits per heavy atom. The number of halogens is 2. The van der Waals surface area contributed by atoms with Gasteiger partial charge >= 0.3 is 0 Å². The van der Waals surface area contributed by atoms with Crippen LogP contribution in [0.15, 0.2) is 72.9 Å². The lowest BCUT2D eigenvalue weighted by molar-refractivity contribution is 0.174. The molecule has 1 N–H and O–H groups in total. The van der Waals surface area contributed by atoms with Crippen LogP contribution in [0.1, 0.15) is 11.1 Å². The molecule has 1 aliphatic rings. The number of benzene rings is 3. The van der Waals surface area contributed by atoms with E-state index in [1.54, 1.807) is 16.8 Å². The summed E-state index contributed by atoms with van der Waals surface area (Å²) in [4.78, 5) is 0. The molecule has 0 bridgehead atoms. The first-order valence-electron chi connectivity index (χ1n) is 9.86. The lowest BCUT2D eigenvalue weighted by Gasteiger charge is -2.07. The molecule has 0 radical (unpaired) electrons. The second-order valence-electron chi connectivity index (χ2n) is 7.19. The van der Waals surface area contributed by atoms with Crippen LogP contribution in [0.3, 0.4) is 0 Å². The molecule has 0 aliphatic carbocycles. The molecular weight excluding hydrogens is 417 g/mol. The minimum atomic E-state index is -0.284. The highest BCUT2D eigenvalue weighted by Crippen LogP contribution is 2.33. The molecule has 0 saturated carbocycles. The van der Waals surface area contributed by atoms with E-state index < -0.39 is 0 Å². The first-order chi connectivity index (χ1) is 15.2. The SMILES string of the molecule is Fc1ccc(-n2cc(CNCc3ccc4c(c3)OCO4)c(-c3ccccc3Cl)n2)cc1. The molecule has 5 rings (SSSR count). The second kappa shape index (κ2) is 8.41. The molecule has 3 aromatic carbocycles. The van der Waals surface area contributed by atoms with Crippen molar-refractivity contribution in [2.24, 2.45) is 0 Å².